The standard InChI is InChI=1S/C16H9ClF3N3O2/c17-10-5-3-4-9(8-10)14-22-23-15(25-14)13(24)21-12-7-2-1-6-11(12)16(18,19)20/h1-8H,(H,21,24). The summed E-state index contributed by atoms with van der Waals surface area (Å²) in [4.78, 5) is 12.1. The smallest absolute Gasteiger partial charge is 0.412 e. The zero-order valence-corrected chi connectivity index (χ0v) is 13.1. The third kappa shape index (κ3) is 3.80. The lowest BCUT2D eigenvalue weighted by Crippen LogP contribution is -2.16. The number of nitrogens with zero attached hydrogens (tertiary/aromatic N) is 2. The molecule has 0 unspecified atom stereocenters. The second-order valence-corrected chi connectivity index (χ2v) is 5.36. The topological polar surface area (TPSA) is 68.0 Å². The highest BCUT2D eigenvalue weighted by Crippen LogP contribution is 2.34. The van der Waals surface area contributed by atoms with Gasteiger partial charge in [0.15, 0.2) is 0 Å². The number of rotatable bonds is 3. The van der Waals surface area contributed by atoms with Crippen molar-refractivity contribution in [2.45, 2.75) is 6.18 Å². The third-order valence-corrected chi connectivity index (χ3v) is 3.41. The van der Waals surface area contributed by atoms with Crippen molar-refractivity contribution in [1.29, 1.82) is 0 Å². The Hall–Kier alpha value is -2.87. The van der Waals surface area contributed by atoms with E-state index in [9.17, 15) is 18.0 Å². The normalized spacial score (nSPS) is 11.4. The molecule has 9 heteroatoms. The van der Waals surface area contributed by atoms with Crippen LogP contribution in [-0.2, 0) is 6.18 Å². The number of amides is 1. The van der Waals surface area contributed by atoms with E-state index in [1.807, 2.05) is 0 Å². The Labute approximate surface area is 144 Å². The number of carbonyl (C=O) groups excluding carboxylic acids is 1. The Morgan fingerprint density at radius 3 is 2.56 bits per heavy atom. The minimum Gasteiger partial charge on any atom is -0.412 e. The van der Waals surface area contributed by atoms with Gasteiger partial charge in [-0.05, 0) is 30.3 Å². The quantitative estimate of drug-likeness (QED) is 0.731. The van der Waals surface area contributed by atoms with Crippen molar-refractivity contribution in [1.82, 2.24) is 10.2 Å². The molecule has 1 aromatic heterocycles. The van der Waals surface area contributed by atoms with Crippen molar-refractivity contribution in [2.75, 3.05) is 5.32 Å². The number of para-hydroxylation sites is 1. The van der Waals surface area contributed by atoms with Crippen LogP contribution in [-0.4, -0.2) is 16.1 Å². The number of alkyl halides is 3. The van der Waals surface area contributed by atoms with Crippen LogP contribution in [0.3, 0.4) is 0 Å². The van der Waals surface area contributed by atoms with Crippen molar-refractivity contribution < 1.29 is 22.4 Å². The van der Waals surface area contributed by atoms with Gasteiger partial charge in [0, 0.05) is 10.6 Å². The van der Waals surface area contributed by atoms with Gasteiger partial charge in [0.05, 0.1) is 11.3 Å². The van der Waals surface area contributed by atoms with Crippen LogP contribution in [0.4, 0.5) is 18.9 Å². The first-order valence-electron chi connectivity index (χ1n) is 6.91. The maximum atomic E-state index is 12.9. The second kappa shape index (κ2) is 6.56. The minimum absolute atomic E-state index is 0.0248. The molecule has 0 atom stereocenters. The lowest BCUT2D eigenvalue weighted by Gasteiger charge is -2.12. The Balaban J connectivity index is 1.84. The molecule has 0 aliphatic heterocycles. The summed E-state index contributed by atoms with van der Waals surface area (Å²) < 4.78 is 44.1. The molecule has 0 radical (unpaired) electrons. The molecule has 0 fully saturated rings. The highest BCUT2D eigenvalue weighted by molar-refractivity contribution is 6.30. The van der Waals surface area contributed by atoms with Gasteiger partial charge in [0.25, 0.3) is 0 Å². The first kappa shape index (κ1) is 17.0. The molecule has 0 bridgehead atoms. The molecule has 2 aromatic carbocycles. The van der Waals surface area contributed by atoms with E-state index in [0.29, 0.717) is 10.6 Å². The van der Waals surface area contributed by atoms with Crippen LogP contribution in [0.5, 0.6) is 0 Å². The molecule has 5 nitrogen and oxygen atoms in total. The number of carbonyl (C=O) groups is 1. The monoisotopic (exact) mass is 367 g/mol. The molecule has 1 N–H and O–H groups in total. The number of nitrogens with one attached hydrogen (secondary N) is 1. The molecule has 3 aromatic rings. The maximum absolute atomic E-state index is 12.9. The molecule has 25 heavy (non-hydrogen) atoms. The molecule has 0 saturated heterocycles. The van der Waals surface area contributed by atoms with Crippen LogP contribution in [0.15, 0.2) is 52.9 Å². The van der Waals surface area contributed by atoms with Gasteiger partial charge in [0.2, 0.25) is 5.89 Å². The minimum atomic E-state index is -4.61. The van der Waals surface area contributed by atoms with E-state index < -0.39 is 29.2 Å². The van der Waals surface area contributed by atoms with Crippen LogP contribution in [0.2, 0.25) is 5.02 Å². The number of benzene rings is 2. The van der Waals surface area contributed by atoms with Gasteiger partial charge >= 0.3 is 18.0 Å². The van der Waals surface area contributed by atoms with Crippen molar-refractivity contribution in [3.05, 3.63) is 65.0 Å². The highest BCUT2D eigenvalue weighted by Gasteiger charge is 2.34. The fraction of sp³-hybridized carbons (Fsp3) is 0.0625. The Morgan fingerprint density at radius 1 is 1.08 bits per heavy atom. The van der Waals surface area contributed by atoms with Gasteiger partial charge < -0.3 is 9.73 Å². The van der Waals surface area contributed by atoms with Crippen molar-refractivity contribution in [2.24, 2.45) is 0 Å². The van der Waals surface area contributed by atoms with E-state index >= 15 is 0 Å². The molecule has 1 amide bonds. The van der Waals surface area contributed by atoms with Crippen LogP contribution in [0.1, 0.15) is 16.2 Å². The second-order valence-electron chi connectivity index (χ2n) is 4.92. The molecule has 128 valence electrons. The van der Waals surface area contributed by atoms with E-state index in [4.69, 9.17) is 16.0 Å². The number of hydrogen-bond donors (Lipinski definition) is 1. The average Bonchev–Trinajstić information content (AvgIpc) is 3.04. The number of anilines is 1. The Kier molecular flexibility index (Phi) is 4.45. The average molecular weight is 368 g/mol. The van der Waals surface area contributed by atoms with Gasteiger partial charge in [-0.15, -0.1) is 10.2 Å². The van der Waals surface area contributed by atoms with Gasteiger partial charge in [-0.3, -0.25) is 4.79 Å². The molecule has 0 saturated carbocycles. The molecule has 3 rings (SSSR count). The summed E-state index contributed by atoms with van der Waals surface area (Å²) in [7, 11) is 0. The highest BCUT2D eigenvalue weighted by atomic mass is 35.5. The first-order chi connectivity index (χ1) is 11.8. The van der Waals surface area contributed by atoms with Crippen LogP contribution in [0, 0.1) is 0 Å². The zero-order chi connectivity index (χ0) is 18.0. The number of hydrogen-bond acceptors (Lipinski definition) is 4. The van der Waals surface area contributed by atoms with E-state index in [1.54, 1.807) is 24.3 Å². The molecule has 0 aliphatic rings. The van der Waals surface area contributed by atoms with Gasteiger partial charge in [-0.2, -0.15) is 13.2 Å². The first-order valence-corrected chi connectivity index (χ1v) is 7.29. The molecule has 0 aliphatic carbocycles. The van der Waals surface area contributed by atoms with E-state index in [0.717, 1.165) is 12.1 Å². The summed E-state index contributed by atoms with van der Waals surface area (Å²) in [6.07, 6.45) is -4.61. The van der Waals surface area contributed by atoms with Gasteiger partial charge in [0.1, 0.15) is 0 Å². The number of halogens is 4. The van der Waals surface area contributed by atoms with Crippen molar-refractivity contribution >= 4 is 23.2 Å². The van der Waals surface area contributed by atoms with Gasteiger partial charge in [-0.25, -0.2) is 0 Å². The van der Waals surface area contributed by atoms with E-state index in [-0.39, 0.29) is 5.89 Å². The summed E-state index contributed by atoms with van der Waals surface area (Å²) in [6.45, 7) is 0. The maximum Gasteiger partial charge on any atom is 0.418 e. The molecular weight excluding hydrogens is 359 g/mol. The van der Waals surface area contributed by atoms with Crippen LogP contribution in [0.25, 0.3) is 11.5 Å². The predicted octanol–water partition coefficient (Wildman–Crippen LogP) is 4.66. The molecule has 1 heterocycles. The summed E-state index contributed by atoms with van der Waals surface area (Å²) in [5, 5.41) is 9.82. The lowest BCUT2D eigenvalue weighted by molar-refractivity contribution is -0.136. The van der Waals surface area contributed by atoms with Crippen molar-refractivity contribution in [3.63, 3.8) is 0 Å². The largest absolute Gasteiger partial charge is 0.418 e. The third-order valence-electron chi connectivity index (χ3n) is 3.17. The predicted molar refractivity (Wildman–Crippen MR) is 84.1 cm³/mol. The molecule has 0 spiro atoms. The van der Waals surface area contributed by atoms with Crippen LogP contribution >= 0.6 is 11.6 Å². The van der Waals surface area contributed by atoms with E-state index in [2.05, 4.69) is 15.5 Å². The summed E-state index contributed by atoms with van der Waals surface area (Å²) in [5.41, 5.74) is -0.893. The van der Waals surface area contributed by atoms with Gasteiger partial charge in [-0.1, -0.05) is 29.8 Å². The van der Waals surface area contributed by atoms with E-state index in [1.165, 1.54) is 12.1 Å². The SMILES string of the molecule is O=C(Nc1ccccc1C(F)(F)F)c1nnc(-c2cccc(Cl)c2)o1. The lowest BCUT2D eigenvalue weighted by atomic mass is 10.1. The summed E-state index contributed by atoms with van der Waals surface area (Å²) in [5.74, 6) is -1.39. The molecular formula is C16H9ClF3N3O2. The van der Waals surface area contributed by atoms with Crippen molar-refractivity contribution in [3.8, 4) is 11.5 Å². The summed E-state index contributed by atoms with van der Waals surface area (Å²) in [6, 6.07) is 11.1. The zero-order valence-electron chi connectivity index (χ0n) is 12.3. The fourth-order valence-corrected chi connectivity index (χ4v) is 2.26. The Morgan fingerprint density at radius 2 is 1.84 bits per heavy atom. The number of aromatic nitrogens is 2. The Bertz CT molecular complexity index is 925. The summed E-state index contributed by atoms with van der Waals surface area (Å²) >= 11 is 5.86. The van der Waals surface area contributed by atoms with Crippen LogP contribution < -0.4 is 5.32 Å². The fourth-order valence-electron chi connectivity index (χ4n) is 2.07.